The first-order valence-corrected chi connectivity index (χ1v) is 10.3. The smallest absolute Gasteiger partial charge is 0.337 e. The van der Waals surface area contributed by atoms with Gasteiger partial charge in [-0.1, -0.05) is 24.9 Å². The van der Waals surface area contributed by atoms with E-state index in [1.165, 1.54) is 7.11 Å². The molecule has 0 fully saturated rings. The van der Waals surface area contributed by atoms with Gasteiger partial charge in [-0.2, -0.15) is 0 Å². The SMILES string of the molecule is CCCCc1nc(Cl)c2cc(-c3nnc(COc4ccc(C(=O)OC)cc4)o3)ccn12. The molecule has 0 saturated carbocycles. The summed E-state index contributed by atoms with van der Waals surface area (Å²) >= 11 is 6.33. The van der Waals surface area contributed by atoms with Crippen molar-refractivity contribution in [3.8, 4) is 17.2 Å². The number of carbonyl (C=O) groups excluding carboxylic acids is 1. The van der Waals surface area contributed by atoms with E-state index in [0.29, 0.717) is 28.2 Å². The number of aromatic nitrogens is 4. The number of methoxy groups -OCH3 is 1. The normalized spacial score (nSPS) is 11.1. The number of ether oxygens (including phenoxy) is 2. The zero-order chi connectivity index (χ0) is 21.8. The van der Waals surface area contributed by atoms with Crippen molar-refractivity contribution in [3.63, 3.8) is 0 Å². The number of nitrogens with zero attached hydrogens (tertiary/aromatic N) is 4. The molecule has 0 amide bonds. The second-order valence-electron chi connectivity index (χ2n) is 6.90. The largest absolute Gasteiger partial charge is 0.484 e. The summed E-state index contributed by atoms with van der Waals surface area (Å²) in [5, 5.41) is 8.60. The van der Waals surface area contributed by atoms with E-state index in [0.717, 1.165) is 36.2 Å². The van der Waals surface area contributed by atoms with Gasteiger partial charge in [0.1, 0.15) is 11.6 Å². The van der Waals surface area contributed by atoms with E-state index in [-0.39, 0.29) is 6.61 Å². The molecule has 1 aromatic carbocycles. The van der Waals surface area contributed by atoms with Crippen molar-refractivity contribution in [1.29, 1.82) is 0 Å². The molecule has 0 unspecified atom stereocenters. The van der Waals surface area contributed by atoms with Gasteiger partial charge in [-0.15, -0.1) is 10.2 Å². The van der Waals surface area contributed by atoms with Crippen LogP contribution in [0.4, 0.5) is 0 Å². The van der Waals surface area contributed by atoms with Gasteiger partial charge in [-0.05, 0) is 42.8 Å². The fourth-order valence-corrected chi connectivity index (χ4v) is 3.37. The van der Waals surface area contributed by atoms with Crippen molar-refractivity contribution in [2.24, 2.45) is 0 Å². The molecule has 8 nitrogen and oxygen atoms in total. The zero-order valence-electron chi connectivity index (χ0n) is 17.2. The first-order valence-electron chi connectivity index (χ1n) is 9.89. The van der Waals surface area contributed by atoms with E-state index < -0.39 is 5.97 Å². The molecule has 4 rings (SSSR count). The molecule has 0 atom stereocenters. The summed E-state index contributed by atoms with van der Waals surface area (Å²) in [6.45, 7) is 2.24. The summed E-state index contributed by atoms with van der Waals surface area (Å²) in [6, 6.07) is 10.4. The zero-order valence-corrected chi connectivity index (χ0v) is 17.9. The van der Waals surface area contributed by atoms with Crippen LogP contribution in [0.5, 0.6) is 5.75 Å². The number of halogens is 1. The molecule has 0 radical (unpaired) electrons. The first kappa shape index (κ1) is 20.9. The van der Waals surface area contributed by atoms with Gasteiger partial charge in [-0.3, -0.25) is 0 Å². The number of pyridine rings is 1. The number of hydrogen-bond donors (Lipinski definition) is 0. The molecule has 0 bridgehead atoms. The molecule has 160 valence electrons. The van der Waals surface area contributed by atoms with Gasteiger partial charge >= 0.3 is 5.97 Å². The third kappa shape index (κ3) is 4.54. The van der Waals surface area contributed by atoms with Crippen molar-refractivity contribution in [1.82, 2.24) is 19.6 Å². The lowest BCUT2D eigenvalue weighted by Crippen LogP contribution is -2.01. The van der Waals surface area contributed by atoms with Crippen LogP contribution in [0.25, 0.3) is 17.0 Å². The Bertz CT molecular complexity index is 1200. The monoisotopic (exact) mass is 440 g/mol. The Hall–Kier alpha value is -3.39. The average Bonchev–Trinajstić information content (AvgIpc) is 3.40. The Morgan fingerprint density at radius 1 is 1.19 bits per heavy atom. The van der Waals surface area contributed by atoms with Crippen LogP contribution in [-0.4, -0.2) is 32.7 Å². The molecule has 0 aliphatic rings. The first-order chi connectivity index (χ1) is 15.1. The molecule has 3 heterocycles. The van der Waals surface area contributed by atoms with Crippen LogP contribution in [0.2, 0.25) is 5.15 Å². The topological polar surface area (TPSA) is 91.8 Å². The van der Waals surface area contributed by atoms with E-state index in [9.17, 15) is 4.79 Å². The van der Waals surface area contributed by atoms with Crippen LogP contribution in [-0.2, 0) is 17.8 Å². The maximum atomic E-state index is 11.5. The molecule has 0 aliphatic carbocycles. The number of fused-ring (bicyclic) bond motifs is 1. The number of esters is 1. The summed E-state index contributed by atoms with van der Waals surface area (Å²) in [4.78, 5) is 15.9. The molecule has 31 heavy (non-hydrogen) atoms. The van der Waals surface area contributed by atoms with E-state index in [4.69, 9.17) is 20.8 Å². The molecular weight excluding hydrogens is 420 g/mol. The number of carbonyl (C=O) groups is 1. The lowest BCUT2D eigenvalue weighted by Gasteiger charge is -2.04. The second-order valence-corrected chi connectivity index (χ2v) is 7.26. The Morgan fingerprint density at radius 3 is 2.74 bits per heavy atom. The van der Waals surface area contributed by atoms with Crippen molar-refractivity contribution in [2.45, 2.75) is 32.8 Å². The molecule has 0 spiro atoms. The standard InChI is InChI=1S/C22H21ClN4O4/c1-3-4-5-18-24-20(23)17-12-15(10-11-27(17)18)21-26-25-19(31-21)13-30-16-8-6-14(7-9-16)22(28)29-2/h6-12H,3-5,13H2,1-2H3. The van der Waals surface area contributed by atoms with E-state index in [2.05, 4.69) is 26.8 Å². The fraction of sp³-hybridized carbons (Fsp3) is 0.273. The Balaban J connectivity index is 1.46. The molecule has 0 N–H and O–H groups in total. The summed E-state index contributed by atoms with van der Waals surface area (Å²) in [6.07, 6.45) is 4.92. The van der Waals surface area contributed by atoms with Crippen LogP contribution in [0, 0.1) is 0 Å². The van der Waals surface area contributed by atoms with Gasteiger partial charge in [0.2, 0.25) is 5.89 Å². The van der Waals surface area contributed by atoms with Gasteiger partial charge in [-0.25, -0.2) is 9.78 Å². The number of imidazole rings is 1. The molecule has 9 heteroatoms. The average molecular weight is 441 g/mol. The van der Waals surface area contributed by atoms with Crippen LogP contribution < -0.4 is 4.74 Å². The predicted octanol–water partition coefficient (Wildman–Crippen LogP) is 4.75. The molecule has 4 aromatic rings. The van der Waals surface area contributed by atoms with Gasteiger partial charge in [0.15, 0.2) is 11.8 Å². The van der Waals surface area contributed by atoms with Crippen molar-refractivity contribution in [3.05, 3.63) is 65.0 Å². The van der Waals surface area contributed by atoms with Crippen molar-refractivity contribution >= 4 is 23.1 Å². The highest BCUT2D eigenvalue weighted by atomic mass is 35.5. The Labute approximate surface area is 183 Å². The minimum Gasteiger partial charge on any atom is -0.484 e. The van der Waals surface area contributed by atoms with Crippen LogP contribution in [0.1, 0.15) is 41.8 Å². The molecular formula is C22H21ClN4O4. The molecule has 3 aromatic heterocycles. The van der Waals surface area contributed by atoms with Crippen molar-refractivity contribution in [2.75, 3.05) is 7.11 Å². The van der Waals surface area contributed by atoms with Crippen molar-refractivity contribution < 1.29 is 18.7 Å². The number of rotatable bonds is 8. The highest BCUT2D eigenvalue weighted by Gasteiger charge is 2.14. The van der Waals surface area contributed by atoms with Crippen LogP contribution in [0.3, 0.4) is 0 Å². The van der Waals surface area contributed by atoms with Crippen LogP contribution >= 0.6 is 11.6 Å². The van der Waals surface area contributed by atoms with E-state index in [1.54, 1.807) is 24.3 Å². The molecule has 0 saturated heterocycles. The van der Waals surface area contributed by atoms with Gasteiger partial charge in [0.05, 0.1) is 18.2 Å². The highest BCUT2D eigenvalue weighted by molar-refractivity contribution is 6.32. The highest BCUT2D eigenvalue weighted by Crippen LogP contribution is 2.26. The lowest BCUT2D eigenvalue weighted by molar-refractivity contribution is 0.0600. The summed E-state index contributed by atoms with van der Waals surface area (Å²) in [7, 11) is 1.34. The Kier molecular flexibility index (Phi) is 6.18. The van der Waals surface area contributed by atoms with E-state index in [1.807, 2.05) is 22.7 Å². The summed E-state index contributed by atoms with van der Waals surface area (Å²) in [5.74, 6) is 1.80. The van der Waals surface area contributed by atoms with Gasteiger partial charge < -0.3 is 18.3 Å². The third-order valence-electron chi connectivity index (χ3n) is 4.78. The van der Waals surface area contributed by atoms with Gasteiger partial charge in [0, 0.05) is 18.2 Å². The Morgan fingerprint density at radius 2 is 2.00 bits per heavy atom. The number of aryl methyl sites for hydroxylation is 1. The quantitative estimate of drug-likeness (QED) is 0.365. The maximum Gasteiger partial charge on any atom is 0.337 e. The van der Waals surface area contributed by atoms with E-state index >= 15 is 0 Å². The summed E-state index contributed by atoms with van der Waals surface area (Å²) in [5.41, 5.74) is 1.99. The summed E-state index contributed by atoms with van der Waals surface area (Å²) < 4.78 is 18.1. The predicted molar refractivity (Wildman–Crippen MR) is 114 cm³/mol. The van der Waals surface area contributed by atoms with Crippen LogP contribution in [0.15, 0.2) is 47.0 Å². The minimum absolute atomic E-state index is 0.0986. The second kappa shape index (κ2) is 9.18. The minimum atomic E-state index is -0.402. The molecule has 0 aliphatic heterocycles. The number of unbranched alkanes of at least 4 members (excludes halogenated alkanes) is 1. The third-order valence-corrected chi connectivity index (χ3v) is 5.06. The maximum absolute atomic E-state index is 11.5. The fourth-order valence-electron chi connectivity index (χ4n) is 3.13. The lowest BCUT2D eigenvalue weighted by atomic mass is 10.2. The number of benzene rings is 1. The number of hydrogen-bond acceptors (Lipinski definition) is 7. The van der Waals surface area contributed by atoms with Gasteiger partial charge in [0.25, 0.3) is 5.89 Å².